The zero-order chi connectivity index (χ0) is 11.3. The Labute approximate surface area is 92.0 Å². The number of allylic oxidation sites excluding steroid dienone is 2. The van der Waals surface area contributed by atoms with E-state index in [-0.39, 0.29) is 5.97 Å². The molecule has 1 aliphatic rings. The predicted octanol–water partition coefficient (Wildman–Crippen LogP) is 3.24. The lowest BCUT2D eigenvalue weighted by Crippen LogP contribution is -2.13. The highest BCUT2D eigenvalue weighted by atomic mass is 16.5. The van der Waals surface area contributed by atoms with Gasteiger partial charge in [-0.25, -0.2) is 4.79 Å². The van der Waals surface area contributed by atoms with Crippen molar-refractivity contribution in [1.29, 1.82) is 0 Å². The number of esters is 1. The molecule has 0 aromatic rings. The van der Waals surface area contributed by atoms with Gasteiger partial charge in [-0.3, -0.25) is 0 Å². The fourth-order valence-corrected chi connectivity index (χ4v) is 2.31. The Hall–Kier alpha value is -1.05. The fraction of sp³-hybridized carbons (Fsp3) is 0.615. The van der Waals surface area contributed by atoms with E-state index in [2.05, 4.69) is 6.58 Å². The van der Waals surface area contributed by atoms with Crippen LogP contribution in [0.25, 0.3) is 0 Å². The van der Waals surface area contributed by atoms with E-state index in [0.29, 0.717) is 5.92 Å². The molecule has 0 N–H and O–H groups in total. The van der Waals surface area contributed by atoms with Gasteiger partial charge in [-0.05, 0) is 31.3 Å². The smallest absolute Gasteiger partial charge is 0.333 e. The summed E-state index contributed by atoms with van der Waals surface area (Å²) in [4.78, 5) is 11.4. The van der Waals surface area contributed by atoms with Crippen LogP contribution in [0.2, 0.25) is 0 Å². The number of ether oxygens (including phenoxy) is 1. The minimum Gasteiger partial charge on any atom is -0.466 e. The molecule has 0 aliphatic heterocycles. The molecule has 1 saturated carbocycles. The van der Waals surface area contributed by atoms with Crippen LogP contribution in [0.3, 0.4) is 0 Å². The molecule has 0 heterocycles. The lowest BCUT2D eigenvalue weighted by Gasteiger charge is -2.23. The van der Waals surface area contributed by atoms with Crippen LogP contribution in [0.5, 0.6) is 0 Å². The van der Waals surface area contributed by atoms with Crippen LogP contribution < -0.4 is 0 Å². The van der Waals surface area contributed by atoms with Gasteiger partial charge >= 0.3 is 5.97 Å². The van der Waals surface area contributed by atoms with Crippen LogP contribution in [-0.2, 0) is 9.53 Å². The summed E-state index contributed by atoms with van der Waals surface area (Å²) in [5, 5.41) is 0. The number of hydrogen-bond acceptors (Lipinski definition) is 2. The number of carbonyl (C=O) groups excluding carboxylic acids is 1. The summed E-state index contributed by atoms with van der Waals surface area (Å²) in [5.41, 5.74) is 1.81. The first-order valence-electron chi connectivity index (χ1n) is 5.62. The Balaban J connectivity index is 2.84. The molecule has 0 spiro atoms. The Morgan fingerprint density at radius 3 is 2.40 bits per heavy atom. The summed E-state index contributed by atoms with van der Waals surface area (Å²) >= 11 is 0. The fourth-order valence-electron chi connectivity index (χ4n) is 2.31. The number of methoxy groups -OCH3 is 1. The molecule has 0 radical (unpaired) electrons. The highest BCUT2D eigenvalue weighted by molar-refractivity contribution is 5.89. The second-order valence-corrected chi connectivity index (χ2v) is 4.11. The van der Waals surface area contributed by atoms with Gasteiger partial charge in [0.25, 0.3) is 0 Å². The van der Waals surface area contributed by atoms with E-state index in [9.17, 15) is 4.79 Å². The average molecular weight is 208 g/mol. The highest BCUT2D eigenvalue weighted by Gasteiger charge is 2.20. The van der Waals surface area contributed by atoms with Gasteiger partial charge in [0.15, 0.2) is 0 Å². The summed E-state index contributed by atoms with van der Waals surface area (Å²) in [5.74, 6) is 0.283. The molecule has 0 unspecified atom stereocenters. The SMILES string of the molecule is C=C/C(=C(/C)C(=O)OC)C1CCCCC1. The van der Waals surface area contributed by atoms with Gasteiger partial charge in [-0.15, -0.1) is 0 Å². The second kappa shape index (κ2) is 5.74. The number of rotatable bonds is 3. The molecule has 2 heteroatoms. The largest absolute Gasteiger partial charge is 0.466 e. The van der Waals surface area contributed by atoms with Crippen LogP contribution in [0.4, 0.5) is 0 Å². The third-order valence-electron chi connectivity index (χ3n) is 3.19. The molecule has 2 nitrogen and oxygen atoms in total. The topological polar surface area (TPSA) is 26.3 Å². The standard InChI is InChI=1S/C13H20O2/c1-4-12(10(2)13(14)15-3)11-8-6-5-7-9-11/h4,11H,1,5-9H2,2-3H3/b12-10+. The van der Waals surface area contributed by atoms with Gasteiger partial charge in [0.1, 0.15) is 0 Å². The number of carbonyl (C=O) groups is 1. The van der Waals surface area contributed by atoms with Crippen LogP contribution in [0, 0.1) is 5.92 Å². The van der Waals surface area contributed by atoms with E-state index in [1.165, 1.54) is 39.2 Å². The lowest BCUT2D eigenvalue weighted by atomic mass is 9.82. The summed E-state index contributed by atoms with van der Waals surface area (Å²) in [7, 11) is 1.42. The molecule has 0 amide bonds. The van der Waals surface area contributed by atoms with Crippen molar-refractivity contribution in [2.24, 2.45) is 5.92 Å². The first-order valence-corrected chi connectivity index (χ1v) is 5.62. The molecule has 0 bridgehead atoms. The minimum absolute atomic E-state index is 0.226. The highest BCUT2D eigenvalue weighted by Crippen LogP contribution is 2.32. The monoisotopic (exact) mass is 208 g/mol. The van der Waals surface area contributed by atoms with E-state index < -0.39 is 0 Å². The van der Waals surface area contributed by atoms with Crippen molar-refractivity contribution in [2.75, 3.05) is 7.11 Å². The van der Waals surface area contributed by atoms with Gasteiger partial charge in [-0.2, -0.15) is 0 Å². The van der Waals surface area contributed by atoms with Crippen LogP contribution in [0.15, 0.2) is 23.8 Å². The summed E-state index contributed by atoms with van der Waals surface area (Å²) in [6.45, 7) is 5.64. The molecule has 84 valence electrons. The van der Waals surface area contributed by atoms with Crippen molar-refractivity contribution in [1.82, 2.24) is 0 Å². The second-order valence-electron chi connectivity index (χ2n) is 4.11. The van der Waals surface area contributed by atoms with Crippen molar-refractivity contribution in [2.45, 2.75) is 39.0 Å². The molecule has 0 saturated heterocycles. The van der Waals surface area contributed by atoms with Crippen LogP contribution in [-0.4, -0.2) is 13.1 Å². The minimum atomic E-state index is -0.226. The maximum absolute atomic E-state index is 11.4. The van der Waals surface area contributed by atoms with Crippen LogP contribution >= 0.6 is 0 Å². The summed E-state index contributed by atoms with van der Waals surface area (Å²) in [6.07, 6.45) is 8.01. The quantitative estimate of drug-likeness (QED) is 0.404. The summed E-state index contributed by atoms with van der Waals surface area (Å²) < 4.78 is 4.74. The van der Waals surface area contributed by atoms with E-state index in [0.717, 1.165) is 11.1 Å². The molecule has 0 aromatic heterocycles. The number of hydrogen-bond donors (Lipinski definition) is 0. The molecule has 0 atom stereocenters. The lowest BCUT2D eigenvalue weighted by molar-refractivity contribution is -0.136. The van der Waals surface area contributed by atoms with E-state index in [1.54, 1.807) is 0 Å². The van der Waals surface area contributed by atoms with Crippen molar-refractivity contribution in [3.63, 3.8) is 0 Å². The normalized spacial score (nSPS) is 19.3. The van der Waals surface area contributed by atoms with E-state index >= 15 is 0 Å². The van der Waals surface area contributed by atoms with Gasteiger partial charge in [0, 0.05) is 5.57 Å². The zero-order valence-corrected chi connectivity index (χ0v) is 9.71. The third kappa shape index (κ3) is 2.95. The maximum atomic E-state index is 11.4. The Morgan fingerprint density at radius 2 is 1.93 bits per heavy atom. The van der Waals surface area contributed by atoms with Crippen molar-refractivity contribution in [3.05, 3.63) is 23.8 Å². The maximum Gasteiger partial charge on any atom is 0.333 e. The van der Waals surface area contributed by atoms with Gasteiger partial charge in [0.05, 0.1) is 7.11 Å². The average Bonchev–Trinajstić information content (AvgIpc) is 2.30. The zero-order valence-electron chi connectivity index (χ0n) is 9.71. The third-order valence-corrected chi connectivity index (χ3v) is 3.19. The molecular formula is C13H20O2. The molecule has 1 rings (SSSR count). The van der Waals surface area contributed by atoms with E-state index in [4.69, 9.17) is 4.74 Å². The first-order chi connectivity index (χ1) is 7.20. The van der Waals surface area contributed by atoms with Gasteiger partial charge < -0.3 is 4.74 Å². The Morgan fingerprint density at radius 1 is 1.33 bits per heavy atom. The predicted molar refractivity (Wildman–Crippen MR) is 61.5 cm³/mol. The molecule has 0 aromatic carbocycles. The molecule has 1 aliphatic carbocycles. The van der Waals surface area contributed by atoms with E-state index in [1.807, 2.05) is 13.0 Å². The Kier molecular flexibility index (Phi) is 4.60. The van der Waals surface area contributed by atoms with Crippen LogP contribution in [0.1, 0.15) is 39.0 Å². The van der Waals surface area contributed by atoms with Gasteiger partial charge in [-0.1, -0.05) is 31.9 Å². The Bertz CT molecular complexity index is 270. The first kappa shape index (κ1) is 12.0. The van der Waals surface area contributed by atoms with Crippen molar-refractivity contribution >= 4 is 5.97 Å². The van der Waals surface area contributed by atoms with Crippen molar-refractivity contribution in [3.8, 4) is 0 Å². The summed E-state index contributed by atoms with van der Waals surface area (Å²) in [6, 6.07) is 0. The molecule has 1 fully saturated rings. The molecular weight excluding hydrogens is 188 g/mol. The van der Waals surface area contributed by atoms with Gasteiger partial charge in [0.2, 0.25) is 0 Å². The van der Waals surface area contributed by atoms with Crippen molar-refractivity contribution < 1.29 is 9.53 Å². The molecule has 15 heavy (non-hydrogen) atoms.